The Labute approximate surface area is 176 Å². The molecule has 2 saturated heterocycles. The Morgan fingerprint density at radius 3 is 2.43 bits per heavy atom. The van der Waals surface area contributed by atoms with Gasteiger partial charge in [0.25, 0.3) is 0 Å². The molecule has 30 heavy (non-hydrogen) atoms. The van der Waals surface area contributed by atoms with Crippen LogP contribution < -0.4 is 5.32 Å². The van der Waals surface area contributed by atoms with Gasteiger partial charge in [-0.1, -0.05) is 54.6 Å². The summed E-state index contributed by atoms with van der Waals surface area (Å²) in [5.41, 5.74) is 3.02. The van der Waals surface area contributed by atoms with E-state index in [1.807, 2.05) is 42.5 Å². The smallest absolute Gasteiger partial charge is 0.223 e. The van der Waals surface area contributed by atoms with Crippen LogP contribution in [0.3, 0.4) is 0 Å². The monoisotopic (exact) mass is 405 g/mol. The molecule has 2 aromatic carbocycles. The number of ether oxygens (including phenoxy) is 2. The van der Waals surface area contributed by atoms with E-state index in [0.29, 0.717) is 19.6 Å². The predicted molar refractivity (Wildman–Crippen MR) is 112 cm³/mol. The molecule has 156 valence electrons. The summed E-state index contributed by atoms with van der Waals surface area (Å²) in [6.45, 7) is 0.959. The Bertz CT molecular complexity index is 924. The SMILES string of the molecule is O=C(C[C@H]1CO[C@H]2[C@@H]1OC[C@@H]2NC(=O)C1CC1)c1ccccc1Cc1ccccc1. The predicted octanol–water partition coefficient (Wildman–Crippen LogP) is 3.16. The number of rotatable bonds is 7. The van der Waals surface area contributed by atoms with Gasteiger partial charge in [-0.25, -0.2) is 0 Å². The van der Waals surface area contributed by atoms with Crippen LogP contribution in [0.2, 0.25) is 0 Å². The van der Waals surface area contributed by atoms with Crippen molar-refractivity contribution in [2.24, 2.45) is 11.8 Å². The Morgan fingerprint density at radius 2 is 1.63 bits per heavy atom. The van der Waals surface area contributed by atoms with Gasteiger partial charge in [0.05, 0.1) is 25.4 Å². The molecule has 0 unspecified atom stereocenters. The highest BCUT2D eigenvalue weighted by Crippen LogP contribution is 2.35. The van der Waals surface area contributed by atoms with Gasteiger partial charge in [-0.05, 0) is 30.4 Å². The molecule has 0 aromatic heterocycles. The lowest BCUT2D eigenvalue weighted by Gasteiger charge is -2.18. The molecule has 3 aliphatic rings. The molecule has 1 saturated carbocycles. The van der Waals surface area contributed by atoms with Crippen LogP contribution in [0.5, 0.6) is 0 Å². The molecule has 4 atom stereocenters. The molecule has 2 heterocycles. The van der Waals surface area contributed by atoms with Crippen LogP contribution in [0, 0.1) is 11.8 Å². The highest BCUT2D eigenvalue weighted by Gasteiger charge is 2.49. The highest BCUT2D eigenvalue weighted by molar-refractivity contribution is 5.97. The second kappa shape index (κ2) is 8.32. The number of carbonyl (C=O) groups excluding carboxylic acids is 2. The second-order valence-electron chi connectivity index (χ2n) is 8.69. The van der Waals surface area contributed by atoms with E-state index in [4.69, 9.17) is 9.47 Å². The van der Waals surface area contributed by atoms with E-state index >= 15 is 0 Å². The van der Waals surface area contributed by atoms with Crippen molar-refractivity contribution >= 4 is 11.7 Å². The zero-order valence-corrected chi connectivity index (χ0v) is 17.0. The summed E-state index contributed by atoms with van der Waals surface area (Å²) < 4.78 is 11.9. The van der Waals surface area contributed by atoms with Gasteiger partial charge in [0, 0.05) is 23.8 Å². The van der Waals surface area contributed by atoms with Crippen molar-refractivity contribution in [3.8, 4) is 0 Å². The zero-order valence-electron chi connectivity index (χ0n) is 17.0. The Morgan fingerprint density at radius 1 is 0.900 bits per heavy atom. The van der Waals surface area contributed by atoms with E-state index in [9.17, 15) is 9.59 Å². The molecule has 5 heteroatoms. The maximum Gasteiger partial charge on any atom is 0.223 e. The van der Waals surface area contributed by atoms with E-state index in [-0.39, 0.29) is 41.8 Å². The molecule has 1 N–H and O–H groups in total. The zero-order chi connectivity index (χ0) is 20.5. The lowest BCUT2D eigenvalue weighted by atomic mass is 9.90. The van der Waals surface area contributed by atoms with E-state index in [1.165, 1.54) is 5.56 Å². The fourth-order valence-corrected chi connectivity index (χ4v) is 4.63. The summed E-state index contributed by atoms with van der Waals surface area (Å²) in [4.78, 5) is 25.3. The van der Waals surface area contributed by atoms with Crippen molar-refractivity contribution in [1.29, 1.82) is 0 Å². The second-order valence-corrected chi connectivity index (χ2v) is 8.69. The lowest BCUT2D eigenvalue weighted by Crippen LogP contribution is -2.44. The number of fused-ring (bicyclic) bond motifs is 1. The van der Waals surface area contributed by atoms with Crippen molar-refractivity contribution in [2.75, 3.05) is 13.2 Å². The fourth-order valence-electron chi connectivity index (χ4n) is 4.63. The van der Waals surface area contributed by atoms with E-state index in [2.05, 4.69) is 17.4 Å². The van der Waals surface area contributed by atoms with Crippen LogP contribution in [0.15, 0.2) is 54.6 Å². The van der Waals surface area contributed by atoms with Crippen LogP contribution in [0.4, 0.5) is 0 Å². The van der Waals surface area contributed by atoms with Crippen LogP contribution in [-0.4, -0.2) is 43.2 Å². The number of Topliss-reactive ketones (excluding diaryl/α,β-unsaturated/α-hetero) is 1. The normalized spacial score (nSPS) is 27.6. The largest absolute Gasteiger partial charge is 0.373 e. The minimum atomic E-state index is -0.148. The third-order valence-corrected chi connectivity index (χ3v) is 6.43. The van der Waals surface area contributed by atoms with Gasteiger partial charge in [-0.2, -0.15) is 0 Å². The number of benzene rings is 2. The fraction of sp³-hybridized carbons (Fsp3) is 0.440. The summed E-state index contributed by atoms with van der Waals surface area (Å²) in [5, 5.41) is 3.08. The maximum atomic E-state index is 13.2. The number of ketones is 1. The highest BCUT2D eigenvalue weighted by atomic mass is 16.6. The van der Waals surface area contributed by atoms with Crippen molar-refractivity contribution in [3.05, 3.63) is 71.3 Å². The molecule has 5 rings (SSSR count). The van der Waals surface area contributed by atoms with Crippen molar-refractivity contribution in [1.82, 2.24) is 5.32 Å². The minimum Gasteiger partial charge on any atom is -0.373 e. The van der Waals surface area contributed by atoms with E-state index in [0.717, 1.165) is 30.4 Å². The first-order valence-electron chi connectivity index (χ1n) is 10.9. The number of nitrogens with one attached hydrogen (secondary N) is 1. The number of carbonyl (C=O) groups is 2. The summed E-state index contributed by atoms with van der Waals surface area (Å²) in [6.07, 6.45) is 2.82. The summed E-state index contributed by atoms with van der Waals surface area (Å²) in [6, 6.07) is 18.0. The van der Waals surface area contributed by atoms with Crippen LogP contribution in [0.1, 0.15) is 40.7 Å². The van der Waals surface area contributed by atoms with E-state index in [1.54, 1.807) is 0 Å². The quantitative estimate of drug-likeness (QED) is 0.719. The van der Waals surface area contributed by atoms with Crippen molar-refractivity contribution < 1.29 is 19.1 Å². The third kappa shape index (κ3) is 4.05. The van der Waals surface area contributed by atoms with E-state index < -0.39 is 0 Å². The standard InChI is InChI=1S/C25H27NO4/c27-22(20-9-5-4-8-18(20)12-16-6-2-1-3-7-16)13-19-14-29-24-21(15-30-23(19)24)26-25(28)17-10-11-17/h1-9,17,19,21,23-24H,10-15H2,(H,26,28)/t19-,21-,23+,24+/m0/s1. The average Bonchev–Trinajstić information content (AvgIpc) is 3.44. The molecule has 5 nitrogen and oxygen atoms in total. The molecule has 1 amide bonds. The van der Waals surface area contributed by atoms with Gasteiger partial charge in [-0.15, -0.1) is 0 Å². The van der Waals surface area contributed by atoms with Gasteiger partial charge >= 0.3 is 0 Å². The average molecular weight is 405 g/mol. The van der Waals surface area contributed by atoms with Gasteiger partial charge in [0.15, 0.2) is 5.78 Å². The Balaban J connectivity index is 1.24. The molecular weight excluding hydrogens is 378 g/mol. The number of amides is 1. The summed E-state index contributed by atoms with van der Waals surface area (Å²) in [5.74, 6) is 0.436. The summed E-state index contributed by atoms with van der Waals surface area (Å²) >= 11 is 0. The minimum absolute atomic E-state index is 0.0232. The molecular formula is C25H27NO4. The Kier molecular flexibility index (Phi) is 5.40. The van der Waals surface area contributed by atoms with Crippen LogP contribution in [-0.2, 0) is 20.7 Å². The molecule has 0 spiro atoms. The van der Waals surface area contributed by atoms with Gasteiger partial charge < -0.3 is 14.8 Å². The first-order chi connectivity index (χ1) is 14.7. The molecule has 0 radical (unpaired) electrons. The molecule has 0 bridgehead atoms. The maximum absolute atomic E-state index is 13.2. The van der Waals surface area contributed by atoms with Gasteiger partial charge in [0.2, 0.25) is 5.91 Å². The number of hydrogen-bond donors (Lipinski definition) is 1. The van der Waals surface area contributed by atoms with Crippen molar-refractivity contribution in [2.45, 2.75) is 43.9 Å². The molecule has 1 aliphatic carbocycles. The van der Waals surface area contributed by atoms with Gasteiger partial charge in [-0.3, -0.25) is 9.59 Å². The van der Waals surface area contributed by atoms with Crippen molar-refractivity contribution in [3.63, 3.8) is 0 Å². The lowest BCUT2D eigenvalue weighted by molar-refractivity contribution is -0.123. The topological polar surface area (TPSA) is 64.6 Å². The Hall–Kier alpha value is -2.50. The summed E-state index contributed by atoms with van der Waals surface area (Å²) in [7, 11) is 0. The molecule has 3 fully saturated rings. The first-order valence-corrected chi connectivity index (χ1v) is 10.9. The third-order valence-electron chi connectivity index (χ3n) is 6.43. The first kappa shape index (κ1) is 19.5. The van der Waals surface area contributed by atoms with Gasteiger partial charge in [0.1, 0.15) is 6.10 Å². The molecule has 2 aliphatic heterocycles. The molecule has 2 aromatic rings. The van der Waals surface area contributed by atoms with Crippen LogP contribution >= 0.6 is 0 Å². The van der Waals surface area contributed by atoms with Crippen LogP contribution in [0.25, 0.3) is 0 Å². The number of hydrogen-bond acceptors (Lipinski definition) is 4.